The second-order valence-electron chi connectivity index (χ2n) is 4.50. The standard InChI is InChI=1S/C13H17N3/c1-10-3-2-4-12-11(10)5-8-16(12)9-13-14-6-7-15-13/h2-4H,5-9H2,1H3,(H,14,15). The molecule has 3 nitrogen and oxygen atoms in total. The van der Waals surface area contributed by atoms with Crippen LogP contribution in [0, 0.1) is 6.92 Å². The summed E-state index contributed by atoms with van der Waals surface area (Å²) in [6, 6.07) is 6.58. The first-order valence-corrected chi connectivity index (χ1v) is 5.95. The number of aliphatic imine (C=N–C) groups is 1. The highest BCUT2D eigenvalue weighted by Gasteiger charge is 2.21. The fourth-order valence-electron chi connectivity index (χ4n) is 2.57. The number of anilines is 1. The van der Waals surface area contributed by atoms with Crippen molar-refractivity contribution in [1.82, 2.24) is 5.32 Å². The first-order chi connectivity index (χ1) is 7.84. The Bertz CT molecular complexity index is 437. The SMILES string of the molecule is Cc1cccc2c1CCN2CC1=NCCN1. The van der Waals surface area contributed by atoms with Gasteiger partial charge in [0.2, 0.25) is 0 Å². The molecule has 2 aliphatic rings. The Hall–Kier alpha value is -1.51. The number of hydrogen-bond acceptors (Lipinski definition) is 3. The first-order valence-electron chi connectivity index (χ1n) is 5.95. The predicted octanol–water partition coefficient (Wildman–Crippen LogP) is 1.36. The van der Waals surface area contributed by atoms with Crippen molar-refractivity contribution in [1.29, 1.82) is 0 Å². The fraction of sp³-hybridized carbons (Fsp3) is 0.462. The molecular weight excluding hydrogens is 198 g/mol. The minimum Gasteiger partial charge on any atom is -0.370 e. The Balaban J connectivity index is 1.83. The molecule has 3 heteroatoms. The van der Waals surface area contributed by atoms with Crippen molar-refractivity contribution < 1.29 is 0 Å². The van der Waals surface area contributed by atoms with Crippen LogP contribution in [0.25, 0.3) is 0 Å². The molecule has 0 amide bonds. The number of hydrogen-bond donors (Lipinski definition) is 1. The number of amidine groups is 1. The summed E-state index contributed by atoms with van der Waals surface area (Å²) in [5.41, 5.74) is 4.33. The molecule has 0 aromatic heterocycles. The lowest BCUT2D eigenvalue weighted by atomic mass is 10.1. The second kappa shape index (κ2) is 3.81. The molecule has 0 fully saturated rings. The lowest BCUT2D eigenvalue weighted by molar-refractivity contribution is 0.896. The maximum atomic E-state index is 4.46. The Kier molecular flexibility index (Phi) is 2.31. The van der Waals surface area contributed by atoms with E-state index in [9.17, 15) is 0 Å². The summed E-state index contributed by atoms with van der Waals surface area (Å²) in [6.45, 7) is 6.21. The van der Waals surface area contributed by atoms with Crippen LogP contribution in [0.2, 0.25) is 0 Å². The topological polar surface area (TPSA) is 27.6 Å². The van der Waals surface area contributed by atoms with E-state index in [4.69, 9.17) is 0 Å². The third-order valence-corrected chi connectivity index (χ3v) is 3.44. The predicted molar refractivity (Wildman–Crippen MR) is 67.4 cm³/mol. The zero-order valence-corrected chi connectivity index (χ0v) is 9.66. The van der Waals surface area contributed by atoms with Gasteiger partial charge in [-0.2, -0.15) is 0 Å². The van der Waals surface area contributed by atoms with Gasteiger partial charge in [-0.1, -0.05) is 12.1 Å². The van der Waals surface area contributed by atoms with Crippen LogP contribution in [-0.2, 0) is 6.42 Å². The van der Waals surface area contributed by atoms with E-state index >= 15 is 0 Å². The molecule has 0 radical (unpaired) electrons. The van der Waals surface area contributed by atoms with E-state index in [-0.39, 0.29) is 0 Å². The fourth-order valence-corrected chi connectivity index (χ4v) is 2.57. The van der Waals surface area contributed by atoms with Crippen LogP contribution in [-0.4, -0.2) is 32.0 Å². The monoisotopic (exact) mass is 215 g/mol. The Morgan fingerprint density at radius 2 is 2.38 bits per heavy atom. The van der Waals surface area contributed by atoms with Gasteiger partial charge in [-0.3, -0.25) is 4.99 Å². The number of aryl methyl sites for hydroxylation is 1. The van der Waals surface area contributed by atoms with E-state index in [0.717, 1.165) is 32.0 Å². The number of nitrogens with zero attached hydrogens (tertiary/aromatic N) is 2. The summed E-state index contributed by atoms with van der Waals surface area (Å²) < 4.78 is 0. The molecule has 0 saturated heterocycles. The van der Waals surface area contributed by atoms with Crippen LogP contribution in [0.15, 0.2) is 23.2 Å². The zero-order chi connectivity index (χ0) is 11.0. The van der Waals surface area contributed by atoms with Gasteiger partial charge in [-0.15, -0.1) is 0 Å². The third-order valence-electron chi connectivity index (χ3n) is 3.44. The number of fused-ring (bicyclic) bond motifs is 1. The molecule has 16 heavy (non-hydrogen) atoms. The lowest BCUT2D eigenvalue weighted by Crippen LogP contribution is -2.34. The second-order valence-corrected chi connectivity index (χ2v) is 4.50. The van der Waals surface area contributed by atoms with Crippen molar-refractivity contribution >= 4 is 11.5 Å². The summed E-state index contributed by atoms with van der Waals surface area (Å²) in [5.74, 6) is 1.15. The van der Waals surface area contributed by atoms with Crippen LogP contribution in [0.3, 0.4) is 0 Å². The van der Waals surface area contributed by atoms with Crippen molar-refractivity contribution in [2.45, 2.75) is 13.3 Å². The van der Waals surface area contributed by atoms with Gasteiger partial charge in [0.1, 0.15) is 5.84 Å². The van der Waals surface area contributed by atoms with E-state index in [1.165, 1.54) is 23.2 Å². The van der Waals surface area contributed by atoms with Gasteiger partial charge in [0.25, 0.3) is 0 Å². The van der Waals surface area contributed by atoms with E-state index in [1.807, 2.05) is 0 Å². The average Bonchev–Trinajstić information content (AvgIpc) is 2.90. The molecule has 2 aliphatic heterocycles. The summed E-state index contributed by atoms with van der Waals surface area (Å²) in [6.07, 6.45) is 1.18. The number of benzene rings is 1. The van der Waals surface area contributed by atoms with Gasteiger partial charge in [0.05, 0.1) is 13.1 Å². The molecule has 84 valence electrons. The molecule has 0 unspecified atom stereocenters. The van der Waals surface area contributed by atoms with Gasteiger partial charge in [-0.05, 0) is 30.5 Å². The molecule has 0 bridgehead atoms. The van der Waals surface area contributed by atoms with Crippen molar-refractivity contribution in [2.24, 2.45) is 4.99 Å². The minimum atomic E-state index is 0.934. The Labute approximate surface area is 96.2 Å². The van der Waals surface area contributed by atoms with E-state index in [0.29, 0.717) is 0 Å². The summed E-state index contributed by atoms with van der Waals surface area (Å²) in [4.78, 5) is 6.89. The zero-order valence-electron chi connectivity index (χ0n) is 9.66. The van der Waals surface area contributed by atoms with Crippen LogP contribution in [0.1, 0.15) is 11.1 Å². The van der Waals surface area contributed by atoms with E-state index in [2.05, 4.69) is 40.3 Å². The van der Waals surface area contributed by atoms with Crippen LogP contribution in [0.4, 0.5) is 5.69 Å². The van der Waals surface area contributed by atoms with Crippen molar-refractivity contribution in [3.8, 4) is 0 Å². The highest BCUT2D eigenvalue weighted by atomic mass is 15.2. The third kappa shape index (κ3) is 1.56. The van der Waals surface area contributed by atoms with E-state index < -0.39 is 0 Å². The molecule has 1 aromatic rings. The van der Waals surface area contributed by atoms with Crippen LogP contribution in [0.5, 0.6) is 0 Å². The molecular formula is C13H17N3. The molecule has 0 spiro atoms. The lowest BCUT2D eigenvalue weighted by Gasteiger charge is -2.19. The Morgan fingerprint density at radius 1 is 1.44 bits per heavy atom. The Morgan fingerprint density at radius 3 is 3.19 bits per heavy atom. The highest BCUT2D eigenvalue weighted by molar-refractivity contribution is 5.88. The molecule has 0 atom stereocenters. The number of rotatable bonds is 2. The molecule has 1 N–H and O–H groups in total. The summed E-state index contributed by atoms with van der Waals surface area (Å²) in [7, 11) is 0. The quantitative estimate of drug-likeness (QED) is 0.806. The van der Waals surface area contributed by atoms with Crippen molar-refractivity contribution in [3.05, 3.63) is 29.3 Å². The maximum absolute atomic E-state index is 4.46. The van der Waals surface area contributed by atoms with Gasteiger partial charge < -0.3 is 10.2 Å². The first kappa shape index (κ1) is 9.70. The molecule has 1 aromatic carbocycles. The van der Waals surface area contributed by atoms with E-state index in [1.54, 1.807) is 0 Å². The highest BCUT2D eigenvalue weighted by Crippen LogP contribution is 2.29. The summed E-state index contributed by atoms with van der Waals surface area (Å²) >= 11 is 0. The number of nitrogens with one attached hydrogen (secondary N) is 1. The minimum absolute atomic E-state index is 0.934. The normalized spacial score (nSPS) is 18.3. The maximum Gasteiger partial charge on any atom is 0.116 e. The van der Waals surface area contributed by atoms with Crippen molar-refractivity contribution in [2.75, 3.05) is 31.1 Å². The average molecular weight is 215 g/mol. The van der Waals surface area contributed by atoms with Crippen LogP contribution < -0.4 is 10.2 Å². The van der Waals surface area contributed by atoms with Gasteiger partial charge >= 0.3 is 0 Å². The summed E-state index contributed by atoms with van der Waals surface area (Å²) in [5, 5.41) is 3.34. The van der Waals surface area contributed by atoms with Gasteiger partial charge in [0, 0.05) is 18.8 Å². The molecule has 2 heterocycles. The molecule has 0 saturated carbocycles. The van der Waals surface area contributed by atoms with Crippen LogP contribution >= 0.6 is 0 Å². The van der Waals surface area contributed by atoms with Crippen molar-refractivity contribution in [3.63, 3.8) is 0 Å². The molecule has 0 aliphatic carbocycles. The van der Waals surface area contributed by atoms with Gasteiger partial charge in [-0.25, -0.2) is 0 Å². The van der Waals surface area contributed by atoms with Gasteiger partial charge in [0.15, 0.2) is 0 Å². The molecule has 3 rings (SSSR count). The largest absolute Gasteiger partial charge is 0.370 e. The smallest absolute Gasteiger partial charge is 0.116 e.